The van der Waals surface area contributed by atoms with Crippen LogP contribution in [0.2, 0.25) is 0 Å². The maximum atomic E-state index is 11.8. The third kappa shape index (κ3) is 1.77. The Bertz CT molecular complexity index is 663. The van der Waals surface area contributed by atoms with Crippen LogP contribution in [-0.2, 0) is 21.7 Å². The van der Waals surface area contributed by atoms with E-state index in [1.807, 2.05) is 6.07 Å². The summed E-state index contributed by atoms with van der Waals surface area (Å²) >= 11 is 0. The van der Waals surface area contributed by atoms with Crippen LogP contribution in [0.3, 0.4) is 0 Å². The maximum absolute atomic E-state index is 11.8. The Morgan fingerprint density at radius 2 is 1.95 bits per heavy atom. The summed E-state index contributed by atoms with van der Waals surface area (Å²) in [7, 11) is -3.13. The van der Waals surface area contributed by atoms with Gasteiger partial charge in [-0.3, -0.25) is 0 Å². The highest BCUT2D eigenvalue weighted by molar-refractivity contribution is 7.90. The molecule has 2 aliphatic rings. The summed E-state index contributed by atoms with van der Waals surface area (Å²) in [5.41, 5.74) is 2.84. The fourth-order valence-electron chi connectivity index (χ4n) is 4.00. The van der Waals surface area contributed by atoms with Gasteiger partial charge in [0.05, 0.1) is 4.90 Å². The first kappa shape index (κ1) is 14.1. The van der Waals surface area contributed by atoms with Crippen LogP contribution in [0, 0.1) is 5.41 Å². The first-order valence-corrected chi connectivity index (χ1v) is 9.12. The van der Waals surface area contributed by atoms with Crippen LogP contribution in [0.15, 0.2) is 23.1 Å². The minimum Gasteiger partial charge on any atom is -0.313 e. The van der Waals surface area contributed by atoms with E-state index in [4.69, 9.17) is 0 Å². The molecule has 0 saturated carbocycles. The zero-order valence-corrected chi connectivity index (χ0v) is 13.5. The van der Waals surface area contributed by atoms with Crippen LogP contribution in [0.1, 0.15) is 38.3 Å². The SMILES string of the molecule is CC1(C)[C@@H]2Cc3cc(S(C)(=O)=O)ccc3[C@]1(C)CCN2. The minimum atomic E-state index is -3.13. The first-order chi connectivity index (χ1) is 9.16. The van der Waals surface area contributed by atoms with Crippen molar-refractivity contribution in [3.05, 3.63) is 29.3 Å². The van der Waals surface area contributed by atoms with Gasteiger partial charge in [0.1, 0.15) is 0 Å². The Kier molecular flexibility index (Phi) is 2.87. The van der Waals surface area contributed by atoms with E-state index in [9.17, 15) is 8.42 Å². The fraction of sp³-hybridized carbons (Fsp3) is 0.625. The molecule has 2 atom stereocenters. The zero-order chi connectivity index (χ0) is 14.8. The van der Waals surface area contributed by atoms with E-state index in [-0.39, 0.29) is 10.8 Å². The topological polar surface area (TPSA) is 46.2 Å². The Balaban J connectivity index is 2.20. The molecule has 1 fully saturated rings. The number of sulfone groups is 1. The highest BCUT2D eigenvalue weighted by Gasteiger charge is 2.53. The van der Waals surface area contributed by atoms with Crippen molar-refractivity contribution in [2.75, 3.05) is 12.8 Å². The maximum Gasteiger partial charge on any atom is 0.175 e. The first-order valence-electron chi connectivity index (χ1n) is 7.23. The van der Waals surface area contributed by atoms with Crippen LogP contribution in [-0.4, -0.2) is 27.3 Å². The van der Waals surface area contributed by atoms with Crippen molar-refractivity contribution in [2.45, 2.75) is 50.0 Å². The minimum absolute atomic E-state index is 0.118. The molecule has 2 bridgehead atoms. The predicted molar refractivity (Wildman–Crippen MR) is 80.8 cm³/mol. The number of nitrogens with one attached hydrogen (secondary N) is 1. The molecule has 0 aromatic heterocycles. The van der Waals surface area contributed by atoms with Crippen molar-refractivity contribution in [1.29, 1.82) is 0 Å². The summed E-state index contributed by atoms with van der Waals surface area (Å²) in [4.78, 5) is 0.442. The second-order valence-corrected chi connectivity index (χ2v) is 9.12. The molecule has 1 saturated heterocycles. The summed E-state index contributed by atoms with van der Waals surface area (Å²) < 4.78 is 23.5. The van der Waals surface area contributed by atoms with Gasteiger partial charge in [-0.15, -0.1) is 0 Å². The van der Waals surface area contributed by atoms with Crippen molar-refractivity contribution >= 4 is 9.84 Å². The number of benzene rings is 1. The lowest BCUT2D eigenvalue weighted by atomic mass is 9.51. The summed E-state index contributed by atoms with van der Waals surface area (Å²) in [6, 6.07) is 6.13. The van der Waals surface area contributed by atoms with Crippen LogP contribution in [0.4, 0.5) is 0 Å². The molecule has 4 heteroatoms. The Hall–Kier alpha value is -0.870. The Labute approximate surface area is 121 Å². The summed E-state index contributed by atoms with van der Waals surface area (Å²) in [6.07, 6.45) is 3.30. The van der Waals surface area contributed by atoms with Crippen LogP contribution in [0.5, 0.6) is 0 Å². The lowest BCUT2D eigenvalue weighted by Crippen LogP contribution is -2.62. The number of hydrogen-bond donors (Lipinski definition) is 1. The molecule has 0 spiro atoms. The van der Waals surface area contributed by atoms with Crippen molar-refractivity contribution < 1.29 is 8.42 Å². The third-order valence-electron chi connectivity index (χ3n) is 5.83. The van der Waals surface area contributed by atoms with Gasteiger partial charge in [-0.1, -0.05) is 26.8 Å². The molecule has 3 rings (SSSR count). The normalized spacial score (nSPS) is 31.7. The van der Waals surface area contributed by atoms with E-state index in [2.05, 4.69) is 32.2 Å². The van der Waals surface area contributed by atoms with Gasteiger partial charge < -0.3 is 5.32 Å². The number of fused-ring (bicyclic) bond motifs is 4. The van der Waals surface area contributed by atoms with Crippen LogP contribution < -0.4 is 5.32 Å². The molecule has 1 N–H and O–H groups in total. The van der Waals surface area contributed by atoms with Crippen molar-refractivity contribution in [2.24, 2.45) is 5.41 Å². The summed E-state index contributed by atoms with van der Waals surface area (Å²) in [5, 5.41) is 3.62. The van der Waals surface area contributed by atoms with Gasteiger partial charge >= 0.3 is 0 Å². The molecule has 1 aromatic rings. The van der Waals surface area contributed by atoms with E-state index in [1.54, 1.807) is 6.07 Å². The van der Waals surface area contributed by atoms with E-state index in [0.717, 1.165) is 19.4 Å². The monoisotopic (exact) mass is 293 g/mol. The number of hydrogen-bond acceptors (Lipinski definition) is 3. The van der Waals surface area contributed by atoms with Gasteiger partial charge in [-0.05, 0) is 48.1 Å². The Morgan fingerprint density at radius 1 is 1.25 bits per heavy atom. The molecule has 0 amide bonds. The molecule has 3 nitrogen and oxygen atoms in total. The van der Waals surface area contributed by atoms with Crippen LogP contribution >= 0.6 is 0 Å². The summed E-state index contributed by atoms with van der Waals surface area (Å²) in [5.74, 6) is 0. The molecule has 110 valence electrons. The van der Waals surface area contributed by atoms with E-state index < -0.39 is 9.84 Å². The largest absolute Gasteiger partial charge is 0.313 e. The van der Waals surface area contributed by atoms with E-state index >= 15 is 0 Å². The molecule has 1 aliphatic carbocycles. The van der Waals surface area contributed by atoms with Gasteiger partial charge in [0.2, 0.25) is 0 Å². The van der Waals surface area contributed by atoms with Crippen LogP contribution in [0.25, 0.3) is 0 Å². The van der Waals surface area contributed by atoms with E-state index in [0.29, 0.717) is 10.9 Å². The average Bonchev–Trinajstić information content (AvgIpc) is 2.31. The number of piperidine rings is 1. The Morgan fingerprint density at radius 3 is 2.60 bits per heavy atom. The standard InChI is InChI=1S/C16H23NO2S/c1-15(2)14-10-11-9-12(20(4,18)19)5-6-13(11)16(15,3)7-8-17-14/h5-6,9,14,17H,7-8,10H2,1-4H3/t14-,16-/m0/s1. The second kappa shape index (κ2) is 4.08. The molecule has 1 aromatic carbocycles. The van der Waals surface area contributed by atoms with Gasteiger partial charge in [0, 0.05) is 17.7 Å². The lowest BCUT2D eigenvalue weighted by Gasteiger charge is -2.57. The average molecular weight is 293 g/mol. The van der Waals surface area contributed by atoms with Crippen molar-refractivity contribution in [3.63, 3.8) is 0 Å². The predicted octanol–water partition coefficient (Wildman–Crippen LogP) is 2.29. The third-order valence-corrected chi connectivity index (χ3v) is 6.94. The molecule has 1 aliphatic heterocycles. The molecule has 1 heterocycles. The molecular formula is C16H23NO2S. The molecule has 0 unspecified atom stereocenters. The fourth-order valence-corrected chi connectivity index (χ4v) is 4.67. The summed E-state index contributed by atoms with van der Waals surface area (Å²) in [6.45, 7) is 8.03. The quantitative estimate of drug-likeness (QED) is 0.864. The smallest absolute Gasteiger partial charge is 0.175 e. The van der Waals surface area contributed by atoms with Gasteiger partial charge in [-0.2, -0.15) is 0 Å². The lowest BCUT2D eigenvalue weighted by molar-refractivity contribution is 0.0558. The van der Waals surface area contributed by atoms with Crippen molar-refractivity contribution in [1.82, 2.24) is 5.32 Å². The highest BCUT2D eigenvalue weighted by atomic mass is 32.2. The zero-order valence-electron chi connectivity index (χ0n) is 12.7. The highest BCUT2D eigenvalue weighted by Crippen LogP contribution is 2.53. The van der Waals surface area contributed by atoms with Gasteiger partial charge in [-0.25, -0.2) is 8.42 Å². The second-order valence-electron chi connectivity index (χ2n) is 7.11. The molecule has 0 radical (unpaired) electrons. The van der Waals surface area contributed by atoms with E-state index in [1.165, 1.54) is 17.4 Å². The molecule has 20 heavy (non-hydrogen) atoms. The molecular weight excluding hydrogens is 270 g/mol. The number of rotatable bonds is 1. The van der Waals surface area contributed by atoms with Crippen molar-refractivity contribution in [3.8, 4) is 0 Å². The van der Waals surface area contributed by atoms with Gasteiger partial charge in [0.25, 0.3) is 0 Å². The van der Waals surface area contributed by atoms with Gasteiger partial charge in [0.15, 0.2) is 9.84 Å².